The number of rotatable bonds is 4. The number of nitro benzene ring substituents is 1. The number of ether oxygens (including phenoxy) is 1. The van der Waals surface area contributed by atoms with E-state index in [0.29, 0.717) is 16.9 Å². The van der Waals surface area contributed by atoms with Crippen LogP contribution in [0.1, 0.15) is 11.1 Å². The second-order valence-corrected chi connectivity index (χ2v) is 4.23. The molecule has 2 aromatic carbocycles. The van der Waals surface area contributed by atoms with E-state index in [1.807, 2.05) is 0 Å². The van der Waals surface area contributed by atoms with Gasteiger partial charge in [-0.1, -0.05) is 12.1 Å². The molecule has 0 saturated heterocycles. The van der Waals surface area contributed by atoms with Crippen molar-refractivity contribution in [2.75, 3.05) is 0 Å². The molecule has 0 fully saturated rings. The number of aliphatic hydroxyl groups is 1. The third-order valence-electron chi connectivity index (χ3n) is 2.76. The smallest absolute Gasteiger partial charge is 0.311 e. The molecular formula is C14H12FNO4. The fourth-order valence-electron chi connectivity index (χ4n) is 1.76. The van der Waals surface area contributed by atoms with E-state index in [1.54, 1.807) is 25.1 Å². The van der Waals surface area contributed by atoms with Crippen LogP contribution in [0, 0.1) is 22.9 Å². The summed E-state index contributed by atoms with van der Waals surface area (Å²) in [5, 5.41) is 19.9. The standard InChI is InChI=1S/C14H12FNO4/c1-9-6-10(8-17)2-5-13(9)20-14-7-11(15)3-4-12(14)16(18)19/h2-7,17H,8H2,1H3. The van der Waals surface area contributed by atoms with Crippen LogP contribution >= 0.6 is 0 Å². The van der Waals surface area contributed by atoms with E-state index in [9.17, 15) is 14.5 Å². The molecule has 0 saturated carbocycles. The molecule has 0 aliphatic rings. The zero-order chi connectivity index (χ0) is 14.7. The molecule has 0 aliphatic carbocycles. The SMILES string of the molecule is Cc1cc(CO)ccc1Oc1cc(F)ccc1[N+](=O)[O-]. The van der Waals surface area contributed by atoms with Gasteiger partial charge in [0, 0.05) is 12.1 Å². The lowest BCUT2D eigenvalue weighted by molar-refractivity contribution is -0.385. The summed E-state index contributed by atoms with van der Waals surface area (Å²) in [5.41, 5.74) is 1.08. The number of aryl methyl sites for hydroxylation is 1. The lowest BCUT2D eigenvalue weighted by atomic mass is 10.1. The van der Waals surface area contributed by atoms with Gasteiger partial charge in [0.25, 0.3) is 0 Å². The fourth-order valence-corrected chi connectivity index (χ4v) is 1.76. The van der Waals surface area contributed by atoms with Crippen LogP contribution < -0.4 is 4.74 Å². The molecule has 2 rings (SSSR count). The van der Waals surface area contributed by atoms with Gasteiger partial charge in [-0.05, 0) is 30.2 Å². The first kappa shape index (κ1) is 14.0. The van der Waals surface area contributed by atoms with Crippen molar-refractivity contribution in [3.8, 4) is 11.5 Å². The minimum atomic E-state index is -0.633. The van der Waals surface area contributed by atoms with E-state index in [4.69, 9.17) is 9.84 Å². The van der Waals surface area contributed by atoms with Gasteiger partial charge >= 0.3 is 5.69 Å². The molecule has 6 heteroatoms. The molecule has 0 aromatic heterocycles. The number of nitrogens with zero attached hydrogens (tertiary/aromatic N) is 1. The summed E-state index contributed by atoms with van der Waals surface area (Å²) in [5.74, 6) is -0.402. The quantitative estimate of drug-likeness (QED) is 0.687. The van der Waals surface area contributed by atoms with Gasteiger partial charge in [-0.15, -0.1) is 0 Å². The number of benzene rings is 2. The second kappa shape index (κ2) is 5.66. The van der Waals surface area contributed by atoms with Crippen molar-refractivity contribution in [3.05, 3.63) is 63.5 Å². The summed E-state index contributed by atoms with van der Waals surface area (Å²) in [4.78, 5) is 10.2. The van der Waals surface area contributed by atoms with Gasteiger partial charge < -0.3 is 9.84 Å². The largest absolute Gasteiger partial charge is 0.450 e. The van der Waals surface area contributed by atoms with E-state index in [2.05, 4.69) is 0 Å². The maximum atomic E-state index is 13.2. The van der Waals surface area contributed by atoms with Crippen molar-refractivity contribution < 1.29 is 19.2 Å². The number of aliphatic hydroxyl groups excluding tert-OH is 1. The van der Waals surface area contributed by atoms with Crippen molar-refractivity contribution in [3.63, 3.8) is 0 Å². The second-order valence-electron chi connectivity index (χ2n) is 4.23. The molecule has 2 aromatic rings. The highest BCUT2D eigenvalue weighted by atomic mass is 19.1. The minimum absolute atomic E-state index is 0.110. The summed E-state index contributed by atoms with van der Waals surface area (Å²) in [6, 6.07) is 7.94. The Morgan fingerprint density at radius 1 is 1.25 bits per heavy atom. The van der Waals surface area contributed by atoms with Crippen molar-refractivity contribution in [2.45, 2.75) is 13.5 Å². The van der Waals surface area contributed by atoms with Crippen LogP contribution in [0.15, 0.2) is 36.4 Å². The zero-order valence-electron chi connectivity index (χ0n) is 10.7. The van der Waals surface area contributed by atoms with E-state index in [0.717, 1.165) is 18.2 Å². The first-order chi connectivity index (χ1) is 9.51. The Hall–Kier alpha value is -2.47. The van der Waals surface area contributed by atoms with Gasteiger partial charge in [-0.25, -0.2) is 4.39 Å². The minimum Gasteiger partial charge on any atom is -0.450 e. The third-order valence-corrected chi connectivity index (χ3v) is 2.76. The molecule has 0 spiro atoms. The monoisotopic (exact) mass is 277 g/mol. The summed E-state index contributed by atoms with van der Waals surface area (Å²) in [6.07, 6.45) is 0. The Kier molecular flexibility index (Phi) is 3.95. The van der Waals surface area contributed by atoms with Crippen LogP contribution in [0.3, 0.4) is 0 Å². The zero-order valence-corrected chi connectivity index (χ0v) is 10.7. The highest BCUT2D eigenvalue weighted by Crippen LogP contribution is 2.33. The van der Waals surface area contributed by atoms with E-state index in [-0.39, 0.29) is 18.0 Å². The molecule has 0 heterocycles. The average Bonchev–Trinajstić information content (AvgIpc) is 2.40. The first-order valence-electron chi connectivity index (χ1n) is 5.83. The normalized spacial score (nSPS) is 10.3. The lowest BCUT2D eigenvalue weighted by Gasteiger charge is -2.10. The molecule has 0 unspecified atom stereocenters. The van der Waals surface area contributed by atoms with Crippen LogP contribution in [-0.2, 0) is 6.61 Å². The van der Waals surface area contributed by atoms with Crippen LogP contribution in [0.4, 0.5) is 10.1 Å². The first-order valence-corrected chi connectivity index (χ1v) is 5.83. The maximum absolute atomic E-state index is 13.2. The average molecular weight is 277 g/mol. The molecule has 0 atom stereocenters. The predicted octanol–water partition coefficient (Wildman–Crippen LogP) is 3.33. The summed E-state index contributed by atoms with van der Waals surface area (Å²) in [7, 11) is 0. The Bertz CT molecular complexity index is 658. The molecule has 104 valence electrons. The predicted molar refractivity (Wildman–Crippen MR) is 70.2 cm³/mol. The molecule has 0 aliphatic heterocycles. The maximum Gasteiger partial charge on any atom is 0.311 e. The Balaban J connectivity index is 2.39. The highest BCUT2D eigenvalue weighted by Gasteiger charge is 2.17. The fraction of sp³-hybridized carbons (Fsp3) is 0.143. The molecule has 0 amide bonds. The van der Waals surface area contributed by atoms with Crippen molar-refractivity contribution in [2.24, 2.45) is 0 Å². The van der Waals surface area contributed by atoms with Crippen LogP contribution in [-0.4, -0.2) is 10.0 Å². The molecule has 5 nitrogen and oxygen atoms in total. The Labute approximate surface area is 114 Å². The topological polar surface area (TPSA) is 72.6 Å². The van der Waals surface area contributed by atoms with Gasteiger partial charge in [-0.3, -0.25) is 10.1 Å². The molecule has 1 N–H and O–H groups in total. The number of nitro groups is 1. The van der Waals surface area contributed by atoms with Crippen molar-refractivity contribution >= 4 is 5.69 Å². The molecule has 0 radical (unpaired) electrons. The van der Waals surface area contributed by atoms with Gasteiger partial charge in [0.15, 0.2) is 0 Å². The van der Waals surface area contributed by atoms with E-state index >= 15 is 0 Å². The highest BCUT2D eigenvalue weighted by molar-refractivity contribution is 5.49. The molecule has 0 bridgehead atoms. The molecular weight excluding hydrogens is 265 g/mol. The van der Waals surface area contributed by atoms with Crippen molar-refractivity contribution in [1.82, 2.24) is 0 Å². The summed E-state index contributed by atoms with van der Waals surface area (Å²) in [6.45, 7) is 1.63. The van der Waals surface area contributed by atoms with E-state index in [1.165, 1.54) is 0 Å². The van der Waals surface area contributed by atoms with Gasteiger partial charge in [0.1, 0.15) is 11.6 Å². The number of halogens is 1. The number of hydrogen-bond acceptors (Lipinski definition) is 4. The van der Waals surface area contributed by atoms with Gasteiger partial charge in [0.05, 0.1) is 11.5 Å². The number of hydrogen-bond donors (Lipinski definition) is 1. The Morgan fingerprint density at radius 2 is 2.00 bits per heavy atom. The lowest BCUT2D eigenvalue weighted by Crippen LogP contribution is -1.96. The van der Waals surface area contributed by atoms with Gasteiger partial charge in [0.2, 0.25) is 5.75 Å². The summed E-state index contributed by atoms with van der Waals surface area (Å²) >= 11 is 0. The summed E-state index contributed by atoms with van der Waals surface area (Å²) < 4.78 is 18.6. The van der Waals surface area contributed by atoms with Crippen LogP contribution in [0.25, 0.3) is 0 Å². The Morgan fingerprint density at radius 3 is 2.60 bits per heavy atom. The van der Waals surface area contributed by atoms with Crippen molar-refractivity contribution in [1.29, 1.82) is 0 Å². The van der Waals surface area contributed by atoms with E-state index < -0.39 is 10.7 Å². The third kappa shape index (κ3) is 2.92. The van der Waals surface area contributed by atoms with Gasteiger partial charge in [-0.2, -0.15) is 0 Å². The van der Waals surface area contributed by atoms with Crippen LogP contribution in [0.2, 0.25) is 0 Å². The molecule has 20 heavy (non-hydrogen) atoms. The van der Waals surface area contributed by atoms with Crippen LogP contribution in [0.5, 0.6) is 11.5 Å².